The van der Waals surface area contributed by atoms with E-state index in [0.29, 0.717) is 12.5 Å². The molecule has 0 bridgehead atoms. The van der Waals surface area contributed by atoms with E-state index in [1.54, 1.807) is 11.3 Å². The predicted molar refractivity (Wildman–Crippen MR) is 89.8 cm³/mol. The lowest BCUT2D eigenvalue weighted by atomic mass is 10.2. The van der Waals surface area contributed by atoms with Gasteiger partial charge in [-0.25, -0.2) is 9.98 Å². The summed E-state index contributed by atoms with van der Waals surface area (Å²) in [5.41, 5.74) is 1.21. The Morgan fingerprint density at radius 2 is 2.10 bits per heavy atom. The van der Waals surface area contributed by atoms with Crippen molar-refractivity contribution in [2.45, 2.75) is 19.4 Å². The van der Waals surface area contributed by atoms with Crippen LogP contribution in [0.4, 0.5) is 0 Å². The van der Waals surface area contributed by atoms with Gasteiger partial charge in [0.2, 0.25) is 0 Å². The van der Waals surface area contributed by atoms with Crippen molar-refractivity contribution in [1.29, 1.82) is 0 Å². The third-order valence-corrected chi connectivity index (χ3v) is 4.12. The van der Waals surface area contributed by atoms with Gasteiger partial charge in [-0.3, -0.25) is 0 Å². The Hall–Kier alpha value is -1.88. The third kappa shape index (κ3) is 4.86. The number of hydrogen-bond donors (Lipinski definition) is 1. The highest BCUT2D eigenvalue weighted by Gasteiger charge is 2.10. The van der Waals surface area contributed by atoms with Gasteiger partial charge in [0, 0.05) is 38.1 Å². The minimum Gasteiger partial charge on any atom is -0.356 e. The zero-order valence-corrected chi connectivity index (χ0v) is 13.6. The number of rotatable bonds is 5. The van der Waals surface area contributed by atoms with Crippen LogP contribution in [-0.4, -0.2) is 36.5 Å². The summed E-state index contributed by atoms with van der Waals surface area (Å²) in [5, 5.41) is 6.59. The summed E-state index contributed by atoms with van der Waals surface area (Å²) in [6.07, 6.45) is 1.85. The SMILES string of the molecule is CC(CNC(=NCc1ccccc1)N(C)C)c1nccs1. The monoisotopic (exact) mass is 302 g/mol. The zero-order valence-electron chi connectivity index (χ0n) is 12.8. The van der Waals surface area contributed by atoms with Gasteiger partial charge in [-0.2, -0.15) is 0 Å². The van der Waals surface area contributed by atoms with Crippen LogP contribution in [0.15, 0.2) is 46.9 Å². The normalized spacial score (nSPS) is 13.0. The third-order valence-electron chi connectivity index (χ3n) is 3.12. The quantitative estimate of drug-likeness (QED) is 0.682. The minimum atomic E-state index is 0.381. The first-order valence-electron chi connectivity index (χ1n) is 7.05. The van der Waals surface area contributed by atoms with E-state index in [9.17, 15) is 0 Å². The van der Waals surface area contributed by atoms with Crippen LogP contribution in [-0.2, 0) is 6.54 Å². The van der Waals surface area contributed by atoms with E-state index in [0.717, 1.165) is 17.5 Å². The smallest absolute Gasteiger partial charge is 0.193 e. The maximum atomic E-state index is 4.66. The molecule has 1 N–H and O–H groups in total. The number of aromatic nitrogens is 1. The summed E-state index contributed by atoms with van der Waals surface area (Å²) in [7, 11) is 4.01. The van der Waals surface area contributed by atoms with E-state index in [2.05, 4.69) is 34.3 Å². The summed E-state index contributed by atoms with van der Waals surface area (Å²) in [4.78, 5) is 11.0. The predicted octanol–water partition coefficient (Wildman–Crippen LogP) is 2.95. The molecule has 1 aromatic heterocycles. The van der Waals surface area contributed by atoms with Crippen LogP contribution in [0, 0.1) is 0 Å². The van der Waals surface area contributed by atoms with Crippen LogP contribution in [0.1, 0.15) is 23.4 Å². The molecular formula is C16H22N4S. The van der Waals surface area contributed by atoms with Crippen LogP contribution >= 0.6 is 11.3 Å². The molecule has 0 aliphatic carbocycles. The topological polar surface area (TPSA) is 40.5 Å². The molecule has 2 aromatic rings. The molecule has 0 radical (unpaired) electrons. The molecular weight excluding hydrogens is 280 g/mol. The molecule has 1 atom stereocenters. The maximum Gasteiger partial charge on any atom is 0.193 e. The molecule has 0 saturated heterocycles. The number of nitrogens with one attached hydrogen (secondary N) is 1. The fourth-order valence-corrected chi connectivity index (χ4v) is 2.61. The number of nitrogens with zero attached hydrogens (tertiary/aromatic N) is 3. The van der Waals surface area contributed by atoms with Crippen LogP contribution in [0.25, 0.3) is 0 Å². The molecule has 0 aliphatic rings. The first kappa shape index (κ1) is 15.5. The summed E-state index contributed by atoms with van der Waals surface area (Å²) < 4.78 is 0. The van der Waals surface area contributed by atoms with Crippen molar-refractivity contribution in [3.8, 4) is 0 Å². The molecule has 1 aromatic carbocycles. The van der Waals surface area contributed by atoms with E-state index in [-0.39, 0.29) is 0 Å². The van der Waals surface area contributed by atoms with Crippen LogP contribution in [0.2, 0.25) is 0 Å². The summed E-state index contributed by atoms with van der Waals surface area (Å²) in [6, 6.07) is 10.3. The highest BCUT2D eigenvalue weighted by molar-refractivity contribution is 7.09. The summed E-state index contributed by atoms with van der Waals surface area (Å²) in [5.74, 6) is 1.29. The van der Waals surface area contributed by atoms with E-state index in [1.165, 1.54) is 5.56 Å². The lowest BCUT2D eigenvalue weighted by Gasteiger charge is -2.19. The zero-order chi connectivity index (χ0) is 15.1. The van der Waals surface area contributed by atoms with E-state index in [1.807, 2.05) is 48.8 Å². The molecule has 21 heavy (non-hydrogen) atoms. The van der Waals surface area contributed by atoms with E-state index >= 15 is 0 Å². The highest BCUT2D eigenvalue weighted by atomic mass is 32.1. The number of thiazole rings is 1. The number of benzene rings is 1. The molecule has 1 unspecified atom stereocenters. The number of aliphatic imine (C=N–C) groups is 1. The van der Waals surface area contributed by atoms with Gasteiger partial charge in [-0.05, 0) is 5.56 Å². The molecule has 4 nitrogen and oxygen atoms in total. The first-order valence-corrected chi connectivity index (χ1v) is 7.93. The fraction of sp³-hybridized carbons (Fsp3) is 0.375. The lowest BCUT2D eigenvalue weighted by molar-refractivity contribution is 0.567. The Morgan fingerprint density at radius 3 is 2.71 bits per heavy atom. The van der Waals surface area contributed by atoms with Crippen molar-refractivity contribution < 1.29 is 0 Å². The lowest BCUT2D eigenvalue weighted by Crippen LogP contribution is -2.38. The molecule has 0 fully saturated rings. The molecule has 2 rings (SSSR count). The van der Waals surface area contributed by atoms with Gasteiger partial charge in [-0.1, -0.05) is 37.3 Å². The second-order valence-electron chi connectivity index (χ2n) is 5.17. The fourth-order valence-electron chi connectivity index (χ4n) is 1.91. The summed E-state index contributed by atoms with van der Waals surface area (Å²) in [6.45, 7) is 3.70. The Bertz CT molecular complexity index is 549. The average Bonchev–Trinajstić information content (AvgIpc) is 3.02. The van der Waals surface area contributed by atoms with Crippen LogP contribution in [0.5, 0.6) is 0 Å². The Kier molecular flexibility index (Phi) is 5.75. The Balaban J connectivity index is 1.93. The Labute approximate surface area is 130 Å². The second kappa shape index (κ2) is 7.78. The standard InChI is InChI=1S/C16H22N4S/c1-13(15-17-9-10-21-15)11-18-16(20(2)3)19-12-14-7-5-4-6-8-14/h4-10,13H,11-12H2,1-3H3,(H,18,19). The minimum absolute atomic E-state index is 0.381. The number of guanidine groups is 1. The van der Waals surface area contributed by atoms with Crippen molar-refractivity contribution in [3.05, 3.63) is 52.5 Å². The van der Waals surface area contributed by atoms with Crippen molar-refractivity contribution in [2.75, 3.05) is 20.6 Å². The summed E-state index contributed by atoms with van der Waals surface area (Å²) >= 11 is 1.70. The Morgan fingerprint density at radius 1 is 1.33 bits per heavy atom. The first-order chi connectivity index (χ1) is 10.2. The molecule has 0 spiro atoms. The molecule has 5 heteroatoms. The molecule has 112 valence electrons. The number of hydrogen-bond acceptors (Lipinski definition) is 3. The average molecular weight is 302 g/mol. The van der Waals surface area contributed by atoms with Gasteiger partial charge in [0.1, 0.15) is 0 Å². The van der Waals surface area contributed by atoms with Gasteiger partial charge in [-0.15, -0.1) is 11.3 Å². The highest BCUT2D eigenvalue weighted by Crippen LogP contribution is 2.16. The van der Waals surface area contributed by atoms with Crippen molar-refractivity contribution in [2.24, 2.45) is 4.99 Å². The van der Waals surface area contributed by atoms with Crippen molar-refractivity contribution >= 4 is 17.3 Å². The van der Waals surface area contributed by atoms with Crippen LogP contribution in [0.3, 0.4) is 0 Å². The van der Waals surface area contributed by atoms with Gasteiger partial charge in [0.15, 0.2) is 5.96 Å². The van der Waals surface area contributed by atoms with Gasteiger partial charge in [0.05, 0.1) is 11.6 Å². The van der Waals surface area contributed by atoms with Gasteiger partial charge < -0.3 is 10.2 Å². The van der Waals surface area contributed by atoms with Crippen molar-refractivity contribution in [1.82, 2.24) is 15.2 Å². The van der Waals surface area contributed by atoms with E-state index < -0.39 is 0 Å². The molecule has 0 saturated carbocycles. The molecule has 0 aliphatic heterocycles. The van der Waals surface area contributed by atoms with E-state index in [4.69, 9.17) is 0 Å². The van der Waals surface area contributed by atoms with Crippen LogP contribution < -0.4 is 5.32 Å². The van der Waals surface area contributed by atoms with Gasteiger partial charge >= 0.3 is 0 Å². The largest absolute Gasteiger partial charge is 0.356 e. The maximum absolute atomic E-state index is 4.66. The van der Waals surface area contributed by atoms with Gasteiger partial charge in [0.25, 0.3) is 0 Å². The second-order valence-corrected chi connectivity index (χ2v) is 6.10. The molecule has 0 amide bonds. The van der Waals surface area contributed by atoms with Crippen molar-refractivity contribution in [3.63, 3.8) is 0 Å². The molecule has 1 heterocycles.